The van der Waals surface area contributed by atoms with E-state index in [2.05, 4.69) is 5.32 Å². The summed E-state index contributed by atoms with van der Waals surface area (Å²) in [5.41, 5.74) is 2.65. The van der Waals surface area contributed by atoms with Crippen molar-refractivity contribution in [3.63, 3.8) is 0 Å². The Balaban J connectivity index is 1.83. The molecule has 5 nitrogen and oxygen atoms in total. The van der Waals surface area contributed by atoms with Crippen molar-refractivity contribution >= 4 is 22.8 Å². The average molecular weight is 317 g/mol. The molecule has 1 amide bonds. The van der Waals surface area contributed by atoms with Crippen LogP contribution in [0.25, 0.3) is 11.0 Å². The number of hydrogen-bond donors (Lipinski definition) is 2. The molecule has 124 valence electrons. The van der Waals surface area contributed by atoms with E-state index in [-0.39, 0.29) is 12.3 Å². The molecule has 0 spiro atoms. The number of carboxylic acid groups (broad SMARTS) is 1. The van der Waals surface area contributed by atoms with Gasteiger partial charge in [0.05, 0.1) is 0 Å². The molecule has 0 aliphatic rings. The number of fused-ring (bicyclic) bond motifs is 1. The third-order valence-electron chi connectivity index (χ3n) is 3.97. The quantitative estimate of drug-likeness (QED) is 0.725. The molecule has 0 fully saturated rings. The number of amides is 1. The molecule has 1 heterocycles. The minimum atomic E-state index is -0.756. The highest BCUT2D eigenvalue weighted by atomic mass is 16.4. The van der Waals surface area contributed by atoms with Gasteiger partial charge in [-0.25, -0.2) is 0 Å². The van der Waals surface area contributed by atoms with Crippen molar-refractivity contribution < 1.29 is 19.1 Å². The molecule has 0 atom stereocenters. The van der Waals surface area contributed by atoms with Gasteiger partial charge in [0, 0.05) is 23.9 Å². The predicted molar refractivity (Wildman–Crippen MR) is 88.7 cm³/mol. The molecule has 0 bridgehead atoms. The molecule has 2 N–H and O–H groups in total. The number of carboxylic acids is 1. The molecule has 23 heavy (non-hydrogen) atoms. The number of nitrogens with one attached hydrogen (secondary N) is 1. The highest BCUT2D eigenvalue weighted by Gasteiger charge is 2.17. The highest BCUT2D eigenvalue weighted by Crippen LogP contribution is 2.27. The molecular formula is C18H23NO4. The first-order valence-electron chi connectivity index (χ1n) is 7.99. The number of carbonyl (C=O) groups is 2. The van der Waals surface area contributed by atoms with Crippen LogP contribution in [0.1, 0.15) is 53.8 Å². The number of hydrogen-bond acceptors (Lipinski definition) is 3. The van der Waals surface area contributed by atoms with Gasteiger partial charge in [-0.15, -0.1) is 0 Å². The van der Waals surface area contributed by atoms with E-state index in [0.717, 1.165) is 41.4 Å². The van der Waals surface area contributed by atoms with E-state index in [4.69, 9.17) is 9.52 Å². The molecule has 0 saturated carbocycles. The topological polar surface area (TPSA) is 79.5 Å². The fourth-order valence-electron chi connectivity index (χ4n) is 2.64. The van der Waals surface area contributed by atoms with Crippen LogP contribution in [-0.2, 0) is 4.79 Å². The molecule has 0 aliphatic heterocycles. The van der Waals surface area contributed by atoms with Crippen molar-refractivity contribution in [1.29, 1.82) is 0 Å². The molecule has 1 aromatic heterocycles. The van der Waals surface area contributed by atoms with Crippen LogP contribution in [-0.4, -0.2) is 23.5 Å². The van der Waals surface area contributed by atoms with Gasteiger partial charge in [0.15, 0.2) is 5.76 Å². The zero-order valence-corrected chi connectivity index (χ0v) is 13.6. The lowest BCUT2D eigenvalue weighted by Gasteiger charge is -2.03. The SMILES string of the molecule is Cc1c(C(=O)NCCCCCCC(=O)O)oc2c(C)cccc12. The van der Waals surface area contributed by atoms with Crippen molar-refractivity contribution in [2.24, 2.45) is 0 Å². The molecule has 2 rings (SSSR count). The third-order valence-corrected chi connectivity index (χ3v) is 3.97. The first-order valence-corrected chi connectivity index (χ1v) is 7.99. The number of aryl methyl sites for hydroxylation is 2. The van der Waals surface area contributed by atoms with Crippen LogP contribution in [0.2, 0.25) is 0 Å². The van der Waals surface area contributed by atoms with E-state index in [1.54, 1.807) is 0 Å². The fraction of sp³-hybridized carbons (Fsp3) is 0.444. The van der Waals surface area contributed by atoms with E-state index in [1.165, 1.54) is 0 Å². The van der Waals surface area contributed by atoms with Crippen molar-refractivity contribution in [3.05, 3.63) is 35.1 Å². The molecule has 0 aliphatic carbocycles. The Morgan fingerprint density at radius 3 is 2.57 bits per heavy atom. The van der Waals surface area contributed by atoms with Gasteiger partial charge < -0.3 is 14.8 Å². The zero-order chi connectivity index (χ0) is 16.8. The van der Waals surface area contributed by atoms with Crippen LogP contribution >= 0.6 is 0 Å². The van der Waals surface area contributed by atoms with Crippen LogP contribution in [0.4, 0.5) is 0 Å². The van der Waals surface area contributed by atoms with Crippen LogP contribution in [0, 0.1) is 13.8 Å². The van der Waals surface area contributed by atoms with Gasteiger partial charge in [0.2, 0.25) is 0 Å². The minimum Gasteiger partial charge on any atom is -0.481 e. The number of aliphatic carboxylic acids is 1. The lowest BCUT2D eigenvalue weighted by molar-refractivity contribution is -0.137. The van der Waals surface area contributed by atoms with Crippen molar-refractivity contribution in [2.45, 2.75) is 46.0 Å². The smallest absolute Gasteiger partial charge is 0.303 e. The summed E-state index contributed by atoms with van der Waals surface area (Å²) in [6.07, 6.45) is 3.51. The van der Waals surface area contributed by atoms with Gasteiger partial charge in [-0.05, 0) is 32.3 Å². The van der Waals surface area contributed by atoms with Crippen molar-refractivity contribution in [3.8, 4) is 0 Å². The summed E-state index contributed by atoms with van der Waals surface area (Å²) >= 11 is 0. The number of carbonyl (C=O) groups excluding carboxylic acids is 1. The summed E-state index contributed by atoms with van der Waals surface area (Å²) in [5, 5.41) is 12.4. The average Bonchev–Trinajstić information content (AvgIpc) is 2.85. The molecule has 2 aromatic rings. The Labute approximate surface area is 135 Å². The predicted octanol–water partition coefficient (Wildman–Crippen LogP) is 3.81. The zero-order valence-electron chi connectivity index (χ0n) is 13.6. The summed E-state index contributed by atoms with van der Waals surface area (Å²) in [6, 6.07) is 5.88. The monoisotopic (exact) mass is 317 g/mol. The van der Waals surface area contributed by atoms with Crippen LogP contribution in [0.5, 0.6) is 0 Å². The third kappa shape index (κ3) is 4.34. The van der Waals surface area contributed by atoms with E-state index in [1.807, 2.05) is 32.0 Å². The second kappa shape index (κ2) is 7.81. The molecule has 0 unspecified atom stereocenters. The van der Waals surface area contributed by atoms with E-state index in [0.29, 0.717) is 18.7 Å². The number of unbranched alkanes of at least 4 members (excludes halogenated alkanes) is 3. The lowest BCUT2D eigenvalue weighted by Crippen LogP contribution is -2.24. The Morgan fingerprint density at radius 1 is 1.13 bits per heavy atom. The van der Waals surface area contributed by atoms with Crippen molar-refractivity contribution in [1.82, 2.24) is 5.32 Å². The molecule has 1 aromatic carbocycles. The molecule has 5 heteroatoms. The van der Waals surface area contributed by atoms with Crippen molar-refractivity contribution in [2.75, 3.05) is 6.54 Å². The first kappa shape index (κ1) is 17.1. The second-order valence-corrected chi connectivity index (χ2v) is 5.82. The molecule has 0 radical (unpaired) electrons. The van der Waals surface area contributed by atoms with E-state index in [9.17, 15) is 9.59 Å². The Kier molecular flexibility index (Phi) is 5.79. The van der Waals surface area contributed by atoms with Gasteiger partial charge in [-0.1, -0.05) is 31.0 Å². The van der Waals surface area contributed by atoms with Gasteiger partial charge in [0.25, 0.3) is 5.91 Å². The summed E-state index contributed by atoms with van der Waals surface area (Å²) in [4.78, 5) is 22.6. The summed E-state index contributed by atoms with van der Waals surface area (Å²) in [6.45, 7) is 4.43. The Hall–Kier alpha value is -2.30. The summed E-state index contributed by atoms with van der Waals surface area (Å²) in [5.74, 6) is -0.572. The largest absolute Gasteiger partial charge is 0.481 e. The number of rotatable bonds is 8. The maximum atomic E-state index is 12.2. The normalized spacial score (nSPS) is 10.9. The van der Waals surface area contributed by atoms with Gasteiger partial charge in [-0.3, -0.25) is 9.59 Å². The van der Waals surface area contributed by atoms with E-state index >= 15 is 0 Å². The van der Waals surface area contributed by atoms with Gasteiger partial charge in [-0.2, -0.15) is 0 Å². The first-order chi connectivity index (χ1) is 11.0. The standard InChI is InChI=1S/C18H23NO4/c1-12-8-7-9-14-13(2)17(23-16(12)14)18(22)19-11-6-4-3-5-10-15(20)21/h7-9H,3-6,10-11H2,1-2H3,(H,19,22)(H,20,21). The lowest BCUT2D eigenvalue weighted by atomic mass is 10.1. The summed E-state index contributed by atoms with van der Waals surface area (Å²) in [7, 11) is 0. The number of furan rings is 1. The fourth-order valence-corrected chi connectivity index (χ4v) is 2.64. The highest BCUT2D eigenvalue weighted by molar-refractivity contribution is 5.99. The van der Waals surface area contributed by atoms with E-state index < -0.39 is 5.97 Å². The van der Waals surface area contributed by atoms with Crippen LogP contribution in [0.15, 0.2) is 22.6 Å². The van der Waals surface area contributed by atoms with Gasteiger partial charge in [0.1, 0.15) is 5.58 Å². The maximum Gasteiger partial charge on any atom is 0.303 e. The molecule has 0 saturated heterocycles. The Morgan fingerprint density at radius 2 is 1.87 bits per heavy atom. The second-order valence-electron chi connectivity index (χ2n) is 5.82. The maximum absolute atomic E-state index is 12.2. The minimum absolute atomic E-state index is 0.191. The Bertz CT molecular complexity index is 702. The number of para-hydroxylation sites is 1. The van der Waals surface area contributed by atoms with Crippen LogP contribution < -0.4 is 5.32 Å². The molecular weight excluding hydrogens is 294 g/mol. The number of benzene rings is 1. The van der Waals surface area contributed by atoms with Crippen LogP contribution in [0.3, 0.4) is 0 Å². The summed E-state index contributed by atoms with van der Waals surface area (Å²) < 4.78 is 5.74. The van der Waals surface area contributed by atoms with Gasteiger partial charge >= 0.3 is 5.97 Å².